The topological polar surface area (TPSA) is 62.6 Å². The summed E-state index contributed by atoms with van der Waals surface area (Å²) in [7, 11) is 0. The molecule has 1 aliphatic carbocycles. The molecule has 0 bridgehead atoms. The number of carbonyl (C=O) groups is 2. The first-order valence-electron chi connectivity index (χ1n) is 9.16. The summed E-state index contributed by atoms with van der Waals surface area (Å²) in [5, 5.41) is 5.48. The molecule has 1 aromatic carbocycles. The molecule has 2 aliphatic rings. The van der Waals surface area contributed by atoms with Crippen molar-refractivity contribution in [1.82, 2.24) is 10.6 Å². The van der Waals surface area contributed by atoms with Gasteiger partial charge in [0.15, 0.2) is 6.04 Å². The third-order valence-corrected chi connectivity index (χ3v) is 5.43. The molecule has 0 saturated heterocycles. The largest absolute Gasteiger partial charge is 0.335 e. The minimum atomic E-state index is -0.337. The lowest BCUT2D eigenvalue weighted by Crippen LogP contribution is -3.16. The van der Waals surface area contributed by atoms with E-state index in [4.69, 9.17) is 0 Å². The lowest BCUT2D eigenvalue weighted by Gasteiger charge is -2.30. The molecule has 1 unspecified atom stereocenters. The molecule has 1 saturated carbocycles. The number of carbonyl (C=O) groups excluding carboxylic acids is 2. The third kappa shape index (κ3) is 4.15. The number of quaternary nitrogens is 1. The van der Waals surface area contributed by atoms with Gasteiger partial charge in [-0.2, -0.15) is 0 Å². The highest BCUT2D eigenvalue weighted by atomic mass is 16.2. The molecule has 1 aromatic rings. The molecular formula is C19H28N3O2+. The molecule has 5 nitrogen and oxygen atoms in total. The number of amides is 3. The normalized spacial score (nSPS) is 22.3. The van der Waals surface area contributed by atoms with Crippen LogP contribution in [0.25, 0.3) is 0 Å². The van der Waals surface area contributed by atoms with E-state index in [0.29, 0.717) is 0 Å². The minimum absolute atomic E-state index is 0.183. The zero-order chi connectivity index (χ0) is 16.9. The number of hydrogen-bond donors (Lipinski definition) is 3. The molecule has 0 spiro atoms. The highest BCUT2D eigenvalue weighted by molar-refractivity contribution is 5.96. The number of rotatable bonds is 3. The fourth-order valence-corrected chi connectivity index (χ4v) is 3.85. The highest BCUT2D eigenvalue weighted by Crippen LogP contribution is 2.17. The van der Waals surface area contributed by atoms with Gasteiger partial charge in [0.1, 0.15) is 6.54 Å². The second kappa shape index (κ2) is 7.79. The van der Waals surface area contributed by atoms with Crippen LogP contribution in [0.2, 0.25) is 0 Å². The van der Waals surface area contributed by atoms with Gasteiger partial charge in [0.25, 0.3) is 5.91 Å². The van der Waals surface area contributed by atoms with E-state index in [2.05, 4.69) is 28.8 Å². The summed E-state index contributed by atoms with van der Waals surface area (Å²) >= 11 is 0. The molecule has 3 amide bonds. The van der Waals surface area contributed by atoms with E-state index in [1.165, 1.54) is 22.4 Å². The quantitative estimate of drug-likeness (QED) is 0.779. The minimum Gasteiger partial charge on any atom is -0.335 e. The average molecular weight is 330 g/mol. The van der Waals surface area contributed by atoms with Gasteiger partial charge in [-0.3, -0.25) is 10.1 Å². The summed E-state index contributed by atoms with van der Waals surface area (Å²) in [5.74, 6) is -0.183. The number of urea groups is 1. The zero-order valence-corrected chi connectivity index (χ0v) is 14.4. The maximum Gasteiger partial charge on any atom is 0.321 e. The van der Waals surface area contributed by atoms with Crippen LogP contribution in [0.4, 0.5) is 4.79 Å². The Morgan fingerprint density at radius 2 is 1.83 bits per heavy atom. The Labute approximate surface area is 143 Å². The van der Waals surface area contributed by atoms with Crippen LogP contribution in [-0.2, 0) is 17.8 Å². The van der Waals surface area contributed by atoms with Crippen LogP contribution in [0.3, 0.4) is 0 Å². The number of benzene rings is 1. The Balaban J connectivity index is 1.50. The second-order valence-electron chi connectivity index (χ2n) is 7.12. The van der Waals surface area contributed by atoms with Crippen molar-refractivity contribution >= 4 is 11.9 Å². The summed E-state index contributed by atoms with van der Waals surface area (Å²) in [5.41, 5.74) is 2.69. The monoisotopic (exact) mass is 330 g/mol. The van der Waals surface area contributed by atoms with E-state index in [1.807, 2.05) is 13.0 Å². The van der Waals surface area contributed by atoms with Gasteiger partial charge in [-0.1, -0.05) is 43.5 Å². The van der Waals surface area contributed by atoms with Crippen LogP contribution in [0.5, 0.6) is 0 Å². The number of fused-ring (bicyclic) bond motifs is 1. The van der Waals surface area contributed by atoms with E-state index in [1.54, 1.807) is 0 Å². The number of nitrogens with one attached hydrogen (secondary N) is 3. The third-order valence-electron chi connectivity index (χ3n) is 5.43. The molecule has 5 heteroatoms. The number of imide groups is 1. The van der Waals surface area contributed by atoms with Crippen molar-refractivity contribution in [3.05, 3.63) is 35.4 Å². The summed E-state index contributed by atoms with van der Waals surface area (Å²) in [6, 6.07) is 8.06. The summed E-state index contributed by atoms with van der Waals surface area (Å²) < 4.78 is 0. The van der Waals surface area contributed by atoms with Gasteiger partial charge in [-0.25, -0.2) is 4.79 Å². The molecular weight excluding hydrogens is 302 g/mol. The second-order valence-corrected chi connectivity index (χ2v) is 7.12. The van der Waals surface area contributed by atoms with Crippen LogP contribution in [-0.4, -0.2) is 30.6 Å². The molecule has 2 atom stereocenters. The van der Waals surface area contributed by atoms with Crippen molar-refractivity contribution in [3.63, 3.8) is 0 Å². The van der Waals surface area contributed by atoms with Crippen LogP contribution in [0.1, 0.15) is 50.2 Å². The van der Waals surface area contributed by atoms with Crippen molar-refractivity contribution in [1.29, 1.82) is 0 Å². The van der Waals surface area contributed by atoms with Gasteiger partial charge in [0.05, 0.1) is 6.54 Å². The predicted octanol–water partition coefficient (Wildman–Crippen LogP) is 1.17. The Morgan fingerprint density at radius 3 is 2.58 bits per heavy atom. The van der Waals surface area contributed by atoms with Crippen LogP contribution >= 0.6 is 0 Å². The van der Waals surface area contributed by atoms with Crippen molar-refractivity contribution < 1.29 is 14.5 Å². The van der Waals surface area contributed by atoms with E-state index in [0.717, 1.165) is 45.2 Å². The van der Waals surface area contributed by atoms with Gasteiger partial charge in [0.2, 0.25) is 0 Å². The SMILES string of the molecule is C[C@H](C(=O)NC(=O)NC1CCCCC1)[NH+]1CCc2ccccc2C1. The molecule has 24 heavy (non-hydrogen) atoms. The molecule has 0 radical (unpaired) electrons. The van der Waals surface area contributed by atoms with Gasteiger partial charge in [-0.05, 0) is 25.3 Å². The standard InChI is InChI=1S/C19H27N3O2/c1-14(22-12-11-15-7-5-6-8-16(15)13-22)18(23)21-19(24)20-17-9-3-2-4-10-17/h5-8,14,17H,2-4,9-13H2,1H3,(H2,20,21,23,24)/p+1/t14-/m1/s1. The van der Waals surface area contributed by atoms with Crippen LogP contribution < -0.4 is 15.5 Å². The Hall–Kier alpha value is -1.88. The molecule has 1 fully saturated rings. The average Bonchev–Trinajstić information content (AvgIpc) is 2.61. The molecule has 3 N–H and O–H groups in total. The van der Waals surface area contributed by atoms with Gasteiger partial charge >= 0.3 is 6.03 Å². The molecule has 130 valence electrons. The van der Waals surface area contributed by atoms with E-state index in [-0.39, 0.29) is 24.0 Å². The first-order chi connectivity index (χ1) is 11.6. The Bertz CT molecular complexity index is 596. The summed E-state index contributed by atoms with van der Waals surface area (Å²) in [6.45, 7) is 3.68. The molecule has 0 aromatic heterocycles. The maximum absolute atomic E-state index is 12.4. The van der Waals surface area contributed by atoms with Crippen molar-refractivity contribution in [2.75, 3.05) is 6.54 Å². The van der Waals surface area contributed by atoms with Crippen molar-refractivity contribution in [3.8, 4) is 0 Å². The van der Waals surface area contributed by atoms with Crippen molar-refractivity contribution in [2.45, 2.75) is 64.1 Å². The van der Waals surface area contributed by atoms with E-state index in [9.17, 15) is 9.59 Å². The van der Waals surface area contributed by atoms with Gasteiger partial charge in [0, 0.05) is 18.0 Å². The first-order valence-corrected chi connectivity index (χ1v) is 9.16. The lowest BCUT2D eigenvalue weighted by molar-refractivity contribution is -0.929. The van der Waals surface area contributed by atoms with E-state index >= 15 is 0 Å². The van der Waals surface area contributed by atoms with Crippen molar-refractivity contribution in [2.24, 2.45) is 0 Å². The van der Waals surface area contributed by atoms with Crippen LogP contribution in [0.15, 0.2) is 24.3 Å². The fourth-order valence-electron chi connectivity index (χ4n) is 3.85. The lowest BCUT2D eigenvalue weighted by atomic mass is 9.96. The number of hydrogen-bond acceptors (Lipinski definition) is 2. The van der Waals surface area contributed by atoms with E-state index < -0.39 is 0 Å². The highest BCUT2D eigenvalue weighted by Gasteiger charge is 2.30. The smallest absolute Gasteiger partial charge is 0.321 e. The molecule has 1 heterocycles. The van der Waals surface area contributed by atoms with Gasteiger partial charge < -0.3 is 10.2 Å². The Kier molecular flexibility index (Phi) is 5.51. The summed E-state index contributed by atoms with van der Waals surface area (Å²) in [4.78, 5) is 25.7. The fraction of sp³-hybridized carbons (Fsp3) is 0.579. The van der Waals surface area contributed by atoms with Crippen LogP contribution in [0, 0.1) is 0 Å². The first kappa shape index (κ1) is 17.0. The molecule has 3 rings (SSSR count). The maximum atomic E-state index is 12.4. The molecule has 1 aliphatic heterocycles. The predicted molar refractivity (Wildman–Crippen MR) is 92.7 cm³/mol. The van der Waals surface area contributed by atoms with Gasteiger partial charge in [-0.15, -0.1) is 0 Å². The Morgan fingerprint density at radius 1 is 1.12 bits per heavy atom. The summed E-state index contributed by atoms with van der Waals surface area (Å²) in [6.07, 6.45) is 6.59. The zero-order valence-electron chi connectivity index (χ0n) is 14.4.